The molecule has 0 bridgehead atoms. The zero-order chi connectivity index (χ0) is 20.1. The predicted molar refractivity (Wildman–Crippen MR) is 111 cm³/mol. The lowest BCUT2D eigenvalue weighted by Crippen LogP contribution is -2.48. The number of piperazine rings is 1. The van der Waals surface area contributed by atoms with Crippen LogP contribution in [0.2, 0.25) is 0 Å². The zero-order valence-corrected chi connectivity index (χ0v) is 16.3. The lowest BCUT2D eigenvalue weighted by molar-refractivity contribution is -0.129. The quantitative estimate of drug-likeness (QED) is 0.776. The molecule has 1 heterocycles. The lowest BCUT2D eigenvalue weighted by Gasteiger charge is -2.36. The number of rotatable bonds is 3. The van der Waals surface area contributed by atoms with E-state index in [4.69, 9.17) is 12.2 Å². The SMILES string of the molecule is CC(=O)N1CCN(c2ccccc2NC(=S)NC(=O)c2ccc(F)cc2)CC1. The molecule has 1 aliphatic heterocycles. The van der Waals surface area contributed by atoms with Crippen molar-refractivity contribution < 1.29 is 14.0 Å². The second-order valence-corrected chi connectivity index (χ2v) is 6.83. The molecule has 0 atom stereocenters. The molecule has 0 aromatic heterocycles. The molecule has 0 aliphatic carbocycles. The molecule has 0 unspecified atom stereocenters. The molecular formula is C20H21FN4O2S. The van der Waals surface area contributed by atoms with Crippen molar-refractivity contribution in [1.82, 2.24) is 10.2 Å². The van der Waals surface area contributed by atoms with Crippen LogP contribution in [0.1, 0.15) is 17.3 Å². The van der Waals surface area contributed by atoms with E-state index < -0.39 is 11.7 Å². The van der Waals surface area contributed by atoms with Gasteiger partial charge in [-0.1, -0.05) is 12.1 Å². The van der Waals surface area contributed by atoms with Crippen molar-refractivity contribution in [3.8, 4) is 0 Å². The van der Waals surface area contributed by atoms with E-state index in [0.29, 0.717) is 31.7 Å². The maximum Gasteiger partial charge on any atom is 0.257 e. The minimum atomic E-state index is -0.412. The summed E-state index contributed by atoms with van der Waals surface area (Å²) in [6.45, 7) is 4.33. The van der Waals surface area contributed by atoms with Crippen LogP contribution < -0.4 is 15.5 Å². The third-order valence-corrected chi connectivity index (χ3v) is 4.76. The van der Waals surface area contributed by atoms with Crippen molar-refractivity contribution in [3.05, 3.63) is 59.9 Å². The van der Waals surface area contributed by atoms with Crippen molar-refractivity contribution in [1.29, 1.82) is 0 Å². The number of carbonyl (C=O) groups excluding carboxylic acids is 2. The molecule has 2 N–H and O–H groups in total. The first-order valence-corrected chi connectivity index (χ1v) is 9.32. The van der Waals surface area contributed by atoms with Gasteiger partial charge >= 0.3 is 0 Å². The van der Waals surface area contributed by atoms with Gasteiger partial charge in [-0.15, -0.1) is 0 Å². The van der Waals surface area contributed by atoms with E-state index in [0.717, 1.165) is 11.4 Å². The summed E-state index contributed by atoms with van der Waals surface area (Å²) in [6.07, 6.45) is 0. The van der Waals surface area contributed by atoms with E-state index >= 15 is 0 Å². The fourth-order valence-electron chi connectivity index (χ4n) is 3.05. The Hall–Kier alpha value is -3.00. The number of nitrogens with zero attached hydrogens (tertiary/aromatic N) is 2. The van der Waals surface area contributed by atoms with Crippen LogP contribution in [0.25, 0.3) is 0 Å². The summed E-state index contributed by atoms with van der Waals surface area (Å²) in [5.41, 5.74) is 2.03. The molecule has 6 nitrogen and oxygen atoms in total. The van der Waals surface area contributed by atoms with Crippen molar-refractivity contribution >= 4 is 40.5 Å². The maximum absolute atomic E-state index is 13.0. The van der Waals surface area contributed by atoms with E-state index in [1.165, 1.54) is 24.3 Å². The number of carbonyl (C=O) groups is 2. The molecule has 2 amide bonds. The number of halogens is 1. The molecule has 146 valence electrons. The molecule has 2 aromatic rings. The summed E-state index contributed by atoms with van der Waals surface area (Å²) in [7, 11) is 0. The molecule has 0 spiro atoms. The average molecular weight is 400 g/mol. The van der Waals surface area contributed by atoms with Gasteiger partial charge in [0.2, 0.25) is 5.91 Å². The Bertz CT molecular complexity index is 880. The number of amides is 2. The van der Waals surface area contributed by atoms with Crippen LogP contribution in [-0.2, 0) is 4.79 Å². The number of thiocarbonyl (C=S) groups is 1. The maximum atomic E-state index is 13.0. The molecule has 1 fully saturated rings. The third-order valence-electron chi connectivity index (χ3n) is 4.55. The van der Waals surface area contributed by atoms with Crippen LogP contribution in [0.4, 0.5) is 15.8 Å². The van der Waals surface area contributed by atoms with Gasteiger partial charge in [0.1, 0.15) is 5.82 Å². The van der Waals surface area contributed by atoms with Gasteiger partial charge in [0.15, 0.2) is 5.11 Å². The van der Waals surface area contributed by atoms with Crippen LogP contribution in [0.3, 0.4) is 0 Å². The smallest absolute Gasteiger partial charge is 0.257 e. The largest absolute Gasteiger partial charge is 0.366 e. The molecule has 1 saturated heterocycles. The summed E-state index contributed by atoms with van der Waals surface area (Å²) < 4.78 is 13.0. The Morgan fingerprint density at radius 2 is 1.64 bits per heavy atom. The van der Waals surface area contributed by atoms with Gasteiger partial charge in [-0.05, 0) is 48.6 Å². The highest BCUT2D eigenvalue weighted by atomic mass is 32.1. The Morgan fingerprint density at radius 3 is 2.29 bits per heavy atom. The number of benzene rings is 2. The molecule has 0 saturated carbocycles. The summed E-state index contributed by atoms with van der Waals surface area (Å²) >= 11 is 5.26. The monoisotopic (exact) mass is 400 g/mol. The predicted octanol–water partition coefficient (Wildman–Crippen LogP) is 2.62. The number of para-hydroxylation sites is 2. The summed E-state index contributed by atoms with van der Waals surface area (Å²) in [4.78, 5) is 27.7. The highest BCUT2D eigenvalue weighted by Crippen LogP contribution is 2.26. The van der Waals surface area contributed by atoms with Crippen molar-refractivity contribution in [3.63, 3.8) is 0 Å². The molecular weight excluding hydrogens is 379 g/mol. The average Bonchev–Trinajstić information content (AvgIpc) is 2.69. The van der Waals surface area contributed by atoms with E-state index in [1.54, 1.807) is 6.92 Å². The fraction of sp³-hybridized carbons (Fsp3) is 0.250. The van der Waals surface area contributed by atoms with E-state index in [-0.39, 0.29) is 11.0 Å². The standard InChI is InChI=1S/C20H21FN4O2S/c1-14(26)24-10-12-25(13-11-24)18-5-3-2-4-17(18)22-20(28)23-19(27)15-6-8-16(21)9-7-15/h2-9H,10-13H2,1H3,(H2,22,23,27,28). The Kier molecular flexibility index (Phi) is 6.20. The van der Waals surface area contributed by atoms with Gasteiger partial charge in [-0.25, -0.2) is 4.39 Å². The van der Waals surface area contributed by atoms with Gasteiger partial charge in [0, 0.05) is 38.7 Å². The molecule has 0 radical (unpaired) electrons. The second kappa shape index (κ2) is 8.79. The van der Waals surface area contributed by atoms with Gasteiger partial charge < -0.3 is 15.1 Å². The van der Waals surface area contributed by atoms with Crippen molar-refractivity contribution in [2.45, 2.75) is 6.92 Å². The van der Waals surface area contributed by atoms with E-state index in [9.17, 15) is 14.0 Å². The molecule has 1 aliphatic rings. The van der Waals surface area contributed by atoms with Crippen molar-refractivity contribution in [2.75, 3.05) is 36.4 Å². The molecule has 8 heteroatoms. The first-order valence-electron chi connectivity index (χ1n) is 8.91. The summed E-state index contributed by atoms with van der Waals surface area (Å²) in [5, 5.41) is 5.82. The summed E-state index contributed by atoms with van der Waals surface area (Å²) in [5.74, 6) is -0.739. The molecule has 28 heavy (non-hydrogen) atoms. The van der Waals surface area contributed by atoms with Crippen LogP contribution >= 0.6 is 12.2 Å². The molecule has 3 rings (SSSR count). The van der Waals surface area contributed by atoms with Crippen LogP contribution in [0.5, 0.6) is 0 Å². The zero-order valence-electron chi connectivity index (χ0n) is 15.4. The number of nitrogens with one attached hydrogen (secondary N) is 2. The van der Waals surface area contributed by atoms with Gasteiger partial charge in [0.25, 0.3) is 5.91 Å². The Labute approximate surface area is 168 Å². The van der Waals surface area contributed by atoms with Crippen molar-refractivity contribution in [2.24, 2.45) is 0 Å². The topological polar surface area (TPSA) is 64.7 Å². The summed E-state index contributed by atoms with van der Waals surface area (Å²) in [6, 6.07) is 12.9. The van der Waals surface area contributed by atoms with Crippen LogP contribution in [-0.4, -0.2) is 48.0 Å². The van der Waals surface area contributed by atoms with E-state index in [1.807, 2.05) is 29.2 Å². The van der Waals surface area contributed by atoms with Gasteiger partial charge in [-0.2, -0.15) is 0 Å². The third kappa shape index (κ3) is 4.83. The minimum Gasteiger partial charge on any atom is -0.366 e. The van der Waals surface area contributed by atoms with E-state index in [2.05, 4.69) is 15.5 Å². The Morgan fingerprint density at radius 1 is 1.00 bits per heavy atom. The van der Waals surface area contributed by atoms with Gasteiger partial charge in [0.05, 0.1) is 11.4 Å². The lowest BCUT2D eigenvalue weighted by atomic mass is 10.2. The highest BCUT2D eigenvalue weighted by molar-refractivity contribution is 7.80. The number of anilines is 2. The number of hydrogen-bond acceptors (Lipinski definition) is 4. The van der Waals surface area contributed by atoms with Crippen LogP contribution in [0.15, 0.2) is 48.5 Å². The second-order valence-electron chi connectivity index (χ2n) is 6.43. The molecule has 2 aromatic carbocycles. The fourth-order valence-corrected chi connectivity index (χ4v) is 3.25. The first kappa shape index (κ1) is 19.8. The number of hydrogen-bond donors (Lipinski definition) is 2. The van der Waals surface area contributed by atoms with Gasteiger partial charge in [-0.3, -0.25) is 14.9 Å². The highest BCUT2D eigenvalue weighted by Gasteiger charge is 2.20. The first-order chi connectivity index (χ1) is 13.4. The normalized spacial score (nSPS) is 13.8. The van der Waals surface area contributed by atoms with Crippen LogP contribution in [0, 0.1) is 5.82 Å². The Balaban J connectivity index is 1.64. The minimum absolute atomic E-state index is 0.0794.